The second kappa shape index (κ2) is 11.2. The summed E-state index contributed by atoms with van der Waals surface area (Å²) in [6.45, 7) is 10.6. The number of ether oxygens (including phenoxy) is 1. The number of carbonyl (C=O) groups excluding carboxylic acids is 2. The van der Waals surface area contributed by atoms with Gasteiger partial charge in [0.2, 0.25) is 5.91 Å². The molecule has 2 rings (SSSR count). The van der Waals surface area contributed by atoms with Crippen LogP contribution < -0.4 is 10.1 Å². The summed E-state index contributed by atoms with van der Waals surface area (Å²) >= 11 is 3.46. The van der Waals surface area contributed by atoms with Gasteiger partial charge < -0.3 is 15.0 Å². The van der Waals surface area contributed by atoms with E-state index in [1.807, 2.05) is 70.2 Å². The van der Waals surface area contributed by atoms with E-state index in [0.717, 1.165) is 21.2 Å². The zero-order valence-corrected chi connectivity index (χ0v) is 20.0. The van der Waals surface area contributed by atoms with Gasteiger partial charge in [-0.05, 0) is 56.0 Å². The van der Waals surface area contributed by atoms with Crippen molar-refractivity contribution in [1.29, 1.82) is 0 Å². The standard InChI is InChI=1S/C24H31BrN2O3/c1-16(2)13-26-24(29)19(5)27(14-20-8-6-17(3)7-9-20)23(28)15-30-21-10-11-22(25)18(4)12-21/h6-12,16,19H,13-15H2,1-5H3,(H,26,29)/t19-/m1/s1. The average molecular weight is 475 g/mol. The van der Waals surface area contributed by atoms with Crippen LogP contribution in [0.3, 0.4) is 0 Å². The molecule has 2 amide bonds. The van der Waals surface area contributed by atoms with Crippen LogP contribution in [0.4, 0.5) is 0 Å². The minimum Gasteiger partial charge on any atom is -0.484 e. The number of amides is 2. The third kappa shape index (κ3) is 7.17. The van der Waals surface area contributed by atoms with Gasteiger partial charge in [-0.3, -0.25) is 9.59 Å². The summed E-state index contributed by atoms with van der Waals surface area (Å²) in [5, 5.41) is 2.92. The summed E-state index contributed by atoms with van der Waals surface area (Å²) < 4.78 is 6.71. The Morgan fingerprint density at radius 2 is 1.73 bits per heavy atom. The number of rotatable bonds is 9. The number of aryl methyl sites for hydroxylation is 2. The number of nitrogens with one attached hydrogen (secondary N) is 1. The Bertz CT molecular complexity index is 865. The van der Waals surface area contributed by atoms with Crippen LogP contribution in [0.25, 0.3) is 0 Å². The van der Waals surface area contributed by atoms with E-state index >= 15 is 0 Å². The summed E-state index contributed by atoms with van der Waals surface area (Å²) in [4.78, 5) is 27.3. The Morgan fingerprint density at radius 1 is 1.07 bits per heavy atom. The summed E-state index contributed by atoms with van der Waals surface area (Å²) in [6, 6.07) is 12.9. The lowest BCUT2D eigenvalue weighted by atomic mass is 10.1. The highest BCUT2D eigenvalue weighted by Gasteiger charge is 2.26. The normalized spacial score (nSPS) is 11.8. The third-order valence-corrected chi connectivity index (χ3v) is 5.71. The van der Waals surface area contributed by atoms with Gasteiger partial charge in [0.05, 0.1) is 0 Å². The van der Waals surface area contributed by atoms with Crippen LogP contribution >= 0.6 is 15.9 Å². The molecule has 0 fully saturated rings. The van der Waals surface area contributed by atoms with E-state index in [4.69, 9.17) is 4.74 Å². The van der Waals surface area contributed by atoms with Crippen molar-refractivity contribution in [2.45, 2.75) is 47.2 Å². The van der Waals surface area contributed by atoms with E-state index in [1.54, 1.807) is 11.8 Å². The van der Waals surface area contributed by atoms with Gasteiger partial charge in [0.1, 0.15) is 11.8 Å². The monoisotopic (exact) mass is 474 g/mol. The first-order chi connectivity index (χ1) is 14.2. The van der Waals surface area contributed by atoms with Crippen molar-refractivity contribution >= 4 is 27.7 Å². The molecule has 0 aliphatic rings. The fourth-order valence-corrected chi connectivity index (χ4v) is 3.11. The summed E-state index contributed by atoms with van der Waals surface area (Å²) in [5.74, 6) is 0.564. The van der Waals surface area contributed by atoms with E-state index in [1.165, 1.54) is 0 Å². The van der Waals surface area contributed by atoms with Crippen molar-refractivity contribution in [3.8, 4) is 5.75 Å². The number of hydrogen-bond donors (Lipinski definition) is 1. The molecule has 0 saturated heterocycles. The van der Waals surface area contributed by atoms with Gasteiger partial charge in [0, 0.05) is 17.6 Å². The van der Waals surface area contributed by atoms with Crippen LogP contribution in [0.1, 0.15) is 37.5 Å². The fourth-order valence-electron chi connectivity index (χ4n) is 2.86. The highest BCUT2D eigenvalue weighted by Crippen LogP contribution is 2.22. The molecule has 0 heterocycles. The lowest BCUT2D eigenvalue weighted by Crippen LogP contribution is -2.49. The minimum absolute atomic E-state index is 0.130. The Hall–Kier alpha value is -2.34. The topological polar surface area (TPSA) is 58.6 Å². The fraction of sp³-hybridized carbons (Fsp3) is 0.417. The van der Waals surface area contributed by atoms with Gasteiger partial charge in [0.15, 0.2) is 6.61 Å². The van der Waals surface area contributed by atoms with Crippen molar-refractivity contribution in [1.82, 2.24) is 10.2 Å². The Balaban J connectivity index is 2.13. The first-order valence-electron chi connectivity index (χ1n) is 10.2. The van der Waals surface area contributed by atoms with Crippen molar-refractivity contribution in [2.75, 3.05) is 13.2 Å². The maximum atomic E-state index is 13.0. The molecule has 162 valence electrons. The van der Waals surface area contributed by atoms with Gasteiger partial charge in [-0.1, -0.05) is 59.6 Å². The van der Waals surface area contributed by atoms with Crippen molar-refractivity contribution < 1.29 is 14.3 Å². The van der Waals surface area contributed by atoms with Crippen LogP contribution in [0.2, 0.25) is 0 Å². The smallest absolute Gasteiger partial charge is 0.261 e. The summed E-state index contributed by atoms with van der Waals surface area (Å²) in [5.41, 5.74) is 3.14. The minimum atomic E-state index is -0.604. The quantitative estimate of drug-likeness (QED) is 0.575. The van der Waals surface area contributed by atoms with E-state index in [2.05, 4.69) is 21.2 Å². The molecule has 30 heavy (non-hydrogen) atoms. The number of nitrogens with zero attached hydrogens (tertiary/aromatic N) is 1. The Labute approximate surface area is 187 Å². The molecule has 2 aromatic carbocycles. The lowest BCUT2D eigenvalue weighted by Gasteiger charge is -2.29. The van der Waals surface area contributed by atoms with Gasteiger partial charge in [-0.25, -0.2) is 0 Å². The van der Waals surface area contributed by atoms with E-state index in [0.29, 0.717) is 24.8 Å². The van der Waals surface area contributed by atoms with Gasteiger partial charge >= 0.3 is 0 Å². The van der Waals surface area contributed by atoms with Crippen molar-refractivity contribution in [2.24, 2.45) is 5.92 Å². The van der Waals surface area contributed by atoms with Crippen molar-refractivity contribution in [3.63, 3.8) is 0 Å². The summed E-state index contributed by atoms with van der Waals surface area (Å²) in [6.07, 6.45) is 0. The molecule has 0 unspecified atom stereocenters. The highest BCUT2D eigenvalue weighted by molar-refractivity contribution is 9.10. The van der Waals surface area contributed by atoms with Crippen LogP contribution in [-0.2, 0) is 16.1 Å². The second-order valence-corrected chi connectivity index (χ2v) is 8.88. The van der Waals surface area contributed by atoms with Crippen LogP contribution in [0.15, 0.2) is 46.9 Å². The average Bonchev–Trinajstić information content (AvgIpc) is 2.71. The SMILES string of the molecule is Cc1ccc(CN(C(=O)COc2ccc(Br)c(C)c2)[C@H](C)C(=O)NCC(C)C)cc1. The molecule has 6 heteroatoms. The van der Waals surface area contributed by atoms with Crippen LogP contribution in [0, 0.1) is 19.8 Å². The van der Waals surface area contributed by atoms with Crippen LogP contribution in [0.5, 0.6) is 5.75 Å². The van der Waals surface area contributed by atoms with Crippen molar-refractivity contribution in [3.05, 3.63) is 63.6 Å². The summed E-state index contributed by atoms with van der Waals surface area (Å²) in [7, 11) is 0. The molecule has 0 aromatic heterocycles. The van der Waals surface area contributed by atoms with E-state index in [9.17, 15) is 9.59 Å². The molecule has 5 nitrogen and oxygen atoms in total. The number of carbonyl (C=O) groups is 2. The van der Waals surface area contributed by atoms with E-state index in [-0.39, 0.29) is 18.4 Å². The molecule has 0 spiro atoms. The molecule has 0 aliphatic heterocycles. The lowest BCUT2D eigenvalue weighted by molar-refractivity contribution is -0.142. The Kier molecular flexibility index (Phi) is 8.90. The number of halogens is 1. The molecular weight excluding hydrogens is 444 g/mol. The molecule has 1 atom stereocenters. The highest BCUT2D eigenvalue weighted by atomic mass is 79.9. The maximum absolute atomic E-state index is 13.0. The molecule has 0 radical (unpaired) electrons. The third-order valence-electron chi connectivity index (χ3n) is 4.82. The zero-order valence-electron chi connectivity index (χ0n) is 18.4. The molecule has 0 saturated carbocycles. The predicted octanol–water partition coefficient (Wildman–Crippen LogP) is 4.63. The van der Waals surface area contributed by atoms with E-state index < -0.39 is 6.04 Å². The number of benzene rings is 2. The molecule has 1 N–H and O–H groups in total. The first kappa shape index (κ1) is 23.9. The van der Waals surface area contributed by atoms with Gasteiger partial charge in [0.25, 0.3) is 5.91 Å². The molecule has 0 bridgehead atoms. The molecule has 2 aromatic rings. The van der Waals surface area contributed by atoms with Gasteiger partial charge in [-0.15, -0.1) is 0 Å². The van der Waals surface area contributed by atoms with Gasteiger partial charge in [-0.2, -0.15) is 0 Å². The molecular formula is C24H31BrN2O3. The second-order valence-electron chi connectivity index (χ2n) is 8.02. The predicted molar refractivity (Wildman–Crippen MR) is 123 cm³/mol. The van der Waals surface area contributed by atoms with Crippen LogP contribution in [-0.4, -0.2) is 35.9 Å². The maximum Gasteiger partial charge on any atom is 0.261 e. The molecule has 0 aliphatic carbocycles. The Morgan fingerprint density at radius 3 is 2.33 bits per heavy atom. The largest absolute Gasteiger partial charge is 0.484 e. The first-order valence-corrected chi connectivity index (χ1v) is 11.0. The number of hydrogen-bond acceptors (Lipinski definition) is 3. The zero-order chi connectivity index (χ0) is 22.3.